The third kappa shape index (κ3) is 4.14. The number of ether oxygens (including phenoxy) is 1. The summed E-state index contributed by atoms with van der Waals surface area (Å²) in [4.78, 5) is 20.8. The summed E-state index contributed by atoms with van der Waals surface area (Å²) in [6.07, 6.45) is 3.37. The number of halogens is 2. The molecule has 4 fully saturated rings. The number of piperidine rings is 1. The number of methoxy groups -OCH3 is 1. The van der Waals surface area contributed by atoms with E-state index in [1.165, 1.54) is 0 Å². The number of rotatable bonds is 5. The van der Waals surface area contributed by atoms with Crippen LogP contribution >= 0.6 is 0 Å². The molecule has 2 N–H and O–H groups in total. The van der Waals surface area contributed by atoms with E-state index in [0.29, 0.717) is 23.9 Å². The van der Waals surface area contributed by atoms with Gasteiger partial charge in [-0.05, 0) is 67.1 Å². The Morgan fingerprint density at radius 3 is 2.49 bits per heavy atom. The number of amides is 1. The number of nitrogens with zero attached hydrogens (tertiary/aromatic N) is 2. The Labute approximate surface area is 227 Å². The highest BCUT2D eigenvalue weighted by molar-refractivity contribution is 5.95. The van der Waals surface area contributed by atoms with Gasteiger partial charge in [-0.15, -0.1) is 0 Å². The van der Waals surface area contributed by atoms with Crippen LogP contribution in [0.15, 0.2) is 42.6 Å². The second-order valence-electron chi connectivity index (χ2n) is 12.7. The quantitative estimate of drug-likeness (QED) is 0.468. The van der Waals surface area contributed by atoms with Crippen LogP contribution in [0.1, 0.15) is 58.8 Å². The summed E-state index contributed by atoms with van der Waals surface area (Å²) < 4.78 is 34.0. The van der Waals surface area contributed by atoms with Crippen LogP contribution in [-0.2, 0) is 6.54 Å². The number of likely N-dealkylation sites (tertiary alicyclic amines) is 2. The molecule has 6 nitrogen and oxygen atoms in total. The van der Waals surface area contributed by atoms with E-state index in [1.807, 2.05) is 35.4 Å². The van der Waals surface area contributed by atoms with Crippen LogP contribution in [0, 0.1) is 17.8 Å². The van der Waals surface area contributed by atoms with Crippen LogP contribution in [0.25, 0.3) is 10.9 Å². The van der Waals surface area contributed by atoms with Crippen LogP contribution < -0.4 is 10.1 Å². The van der Waals surface area contributed by atoms with Gasteiger partial charge in [0.05, 0.1) is 7.11 Å². The normalized spacial score (nSPS) is 24.8. The molecular formula is C31H36F2N4O2. The molecule has 4 aliphatic rings. The molecule has 3 aromatic rings. The van der Waals surface area contributed by atoms with Gasteiger partial charge in [0, 0.05) is 85.2 Å². The van der Waals surface area contributed by atoms with Crippen LogP contribution in [-0.4, -0.2) is 66.4 Å². The van der Waals surface area contributed by atoms with Gasteiger partial charge in [0.25, 0.3) is 5.91 Å². The first-order chi connectivity index (χ1) is 18.7. The predicted octanol–water partition coefficient (Wildman–Crippen LogP) is 5.28. The molecule has 1 amide bonds. The van der Waals surface area contributed by atoms with E-state index in [9.17, 15) is 13.6 Å². The van der Waals surface area contributed by atoms with Crippen LogP contribution in [0.3, 0.4) is 0 Å². The number of H-pyrrole nitrogens is 1. The van der Waals surface area contributed by atoms with Crippen molar-refractivity contribution in [3.05, 3.63) is 64.8 Å². The van der Waals surface area contributed by atoms with Gasteiger partial charge in [-0.1, -0.05) is 12.1 Å². The molecule has 2 aromatic carbocycles. The van der Waals surface area contributed by atoms with Crippen LogP contribution in [0.4, 0.5) is 8.78 Å². The monoisotopic (exact) mass is 534 g/mol. The van der Waals surface area contributed by atoms with Gasteiger partial charge in [-0.2, -0.15) is 0 Å². The molecule has 7 rings (SSSR count). The molecule has 39 heavy (non-hydrogen) atoms. The predicted molar refractivity (Wildman–Crippen MR) is 146 cm³/mol. The van der Waals surface area contributed by atoms with Gasteiger partial charge in [-0.25, -0.2) is 8.78 Å². The lowest BCUT2D eigenvalue weighted by Crippen LogP contribution is -2.71. The molecule has 4 heterocycles. The fourth-order valence-electron chi connectivity index (χ4n) is 7.69. The maximum atomic E-state index is 14.1. The van der Waals surface area contributed by atoms with E-state index >= 15 is 0 Å². The van der Waals surface area contributed by atoms with Crippen molar-refractivity contribution in [2.24, 2.45) is 10.8 Å². The smallest absolute Gasteiger partial charge is 0.253 e. The minimum absolute atomic E-state index is 0.00710. The average Bonchev–Trinajstić information content (AvgIpc) is 3.34. The number of hydrogen-bond donors (Lipinski definition) is 2. The first-order valence-electron chi connectivity index (χ1n) is 14.0. The first-order valence-corrected chi connectivity index (χ1v) is 14.0. The highest BCUT2D eigenvalue weighted by atomic mass is 19.3. The Morgan fingerprint density at radius 2 is 1.85 bits per heavy atom. The Balaban J connectivity index is 1.16. The van der Waals surface area contributed by atoms with Crippen molar-refractivity contribution < 1.29 is 18.3 Å². The lowest BCUT2D eigenvalue weighted by molar-refractivity contribution is -0.186. The van der Waals surface area contributed by atoms with Gasteiger partial charge in [0.2, 0.25) is 5.92 Å². The molecule has 8 heteroatoms. The third-order valence-corrected chi connectivity index (χ3v) is 9.84. The van der Waals surface area contributed by atoms with E-state index < -0.39 is 5.92 Å². The van der Waals surface area contributed by atoms with E-state index in [2.05, 4.69) is 34.3 Å². The summed E-state index contributed by atoms with van der Waals surface area (Å²) in [6, 6.07) is 12.1. The third-order valence-electron chi connectivity index (χ3n) is 9.84. The standard InChI is InChI=1S/C31H36F2N4O2/c1-20-11-26(39-2)24(23-7-9-35-27(20)23)13-36-10-8-29(14-31(32,33)15-29)12-25(36)21-3-5-22(6-4-21)28(38)37-18-30(19-37)16-34-17-30/h3-7,9,11,25,34-35H,8,10,12-19H2,1-2H3/t25-/m0/s1. The van der Waals surface area contributed by atoms with Gasteiger partial charge in [0.1, 0.15) is 5.75 Å². The molecule has 0 bridgehead atoms. The molecule has 3 saturated heterocycles. The van der Waals surface area contributed by atoms with Gasteiger partial charge >= 0.3 is 0 Å². The van der Waals surface area contributed by atoms with Gasteiger partial charge in [-0.3, -0.25) is 9.69 Å². The van der Waals surface area contributed by atoms with Crippen molar-refractivity contribution in [2.75, 3.05) is 39.8 Å². The Morgan fingerprint density at radius 1 is 1.10 bits per heavy atom. The number of aromatic nitrogens is 1. The van der Waals surface area contributed by atoms with Crippen LogP contribution in [0.5, 0.6) is 5.75 Å². The summed E-state index contributed by atoms with van der Waals surface area (Å²) in [5.74, 6) is -1.62. The zero-order valence-corrected chi connectivity index (χ0v) is 22.7. The molecule has 206 valence electrons. The fraction of sp³-hybridized carbons (Fsp3) is 0.516. The van der Waals surface area contributed by atoms with E-state index in [0.717, 1.165) is 72.5 Å². The summed E-state index contributed by atoms with van der Waals surface area (Å²) >= 11 is 0. The largest absolute Gasteiger partial charge is 0.496 e. The summed E-state index contributed by atoms with van der Waals surface area (Å²) in [5.41, 5.74) is 5.10. The zero-order valence-electron chi connectivity index (χ0n) is 22.7. The number of hydrogen-bond acceptors (Lipinski definition) is 4. The molecule has 2 spiro atoms. The Hall–Kier alpha value is -2.97. The number of alkyl halides is 2. The molecule has 0 unspecified atom stereocenters. The maximum absolute atomic E-state index is 14.1. The zero-order chi connectivity index (χ0) is 27.0. The number of fused-ring (bicyclic) bond motifs is 1. The number of carbonyl (C=O) groups excluding carboxylic acids is 1. The van der Waals surface area contributed by atoms with Crippen molar-refractivity contribution in [1.82, 2.24) is 20.1 Å². The molecule has 1 aromatic heterocycles. The van der Waals surface area contributed by atoms with Crippen molar-refractivity contribution >= 4 is 16.8 Å². The molecule has 1 saturated carbocycles. The molecule has 1 aliphatic carbocycles. The number of benzene rings is 2. The average molecular weight is 535 g/mol. The fourth-order valence-corrected chi connectivity index (χ4v) is 7.69. The Kier molecular flexibility index (Phi) is 5.63. The SMILES string of the molecule is COc1cc(C)c2[nH]ccc2c1CN1CCC2(C[C@H]1c1ccc(C(=O)N3CC4(CNC4)C3)cc1)CC(F)(F)C2. The maximum Gasteiger partial charge on any atom is 0.253 e. The molecular weight excluding hydrogens is 498 g/mol. The van der Waals surface area contributed by atoms with Crippen molar-refractivity contribution in [1.29, 1.82) is 0 Å². The molecule has 3 aliphatic heterocycles. The highest BCUT2D eigenvalue weighted by Gasteiger charge is 2.58. The van der Waals surface area contributed by atoms with E-state index in [-0.39, 0.29) is 30.2 Å². The topological polar surface area (TPSA) is 60.6 Å². The number of aryl methyl sites for hydroxylation is 1. The summed E-state index contributed by atoms with van der Waals surface area (Å²) in [5, 5.41) is 4.44. The van der Waals surface area contributed by atoms with E-state index in [4.69, 9.17) is 4.74 Å². The second-order valence-corrected chi connectivity index (χ2v) is 12.7. The molecule has 1 atom stereocenters. The summed E-state index contributed by atoms with van der Waals surface area (Å²) in [7, 11) is 1.70. The minimum Gasteiger partial charge on any atom is -0.496 e. The van der Waals surface area contributed by atoms with Crippen LogP contribution in [0.2, 0.25) is 0 Å². The number of nitrogens with one attached hydrogen (secondary N) is 2. The van der Waals surface area contributed by atoms with Crippen molar-refractivity contribution in [3.63, 3.8) is 0 Å². The minimum atomic E-state index is -2.55. The molecule has 0 radical (unpaired) electrons. The lowest BCUT2D eigenvalue weighted by Gasteiger charge is -2.56. The lowest BCUT2D eigenvalue weighted by atomic mass is 9.59. The highest BCUT2D eigenvalue weighted by Crippen LogP contribution is 2.60. The summed E-state index contributed by atoms with van der Waals surface area (Å²) in [6.45, 7) is 7.11. The van der Waals surface area contributed by atoms with E-state index in [1.54, 1.807) is 7.11 Å². The Bertz CT molecular complexity index is 1410. The van der Waals surface area contributed by atoms with Gasteiger partial charge in [0.15, 0.2) is 0 Å². The number of carbonyl (C=O) groups is 1. The van der Waals surface area contributed by atoms with Crippen molar-refractivity contribution in [2.45, 2.75) is 51.1 Å². The first kappa shape index (κ1) is 25.0. The number of aromatic amines is 1. The second kappa shape index (κ2) is 8.77. The van der Waals surface area contributed by atoms with Crippen molar-refractivity contribution in [3.8, 4) is 5.75 Å². The van der Waals surface area contributed by atoms with Gasteiger partial charge < -0.3 is 19.9 Å².